The smallest absolute Gasteiger partial charge is 0.0886 e. The standard InChI is InChI=1S/C3H4I3N/c4-1-2(5)3(6)7/h1,3H,7H2. The summed E-state index contributed by atoms with van der Waals surface area (Å²) in [5.74, 6) is 0. The van der Waals surface area contributed by atoms with Gasteiger partial charge in [0.25, 0.3) is 0 Å². The Morgan fingerprint density at radius 2 is 2.14 bits per heavy atom. The first-order valence-corrected chi connectivity index (χ1v) is 5.11. The highest BCUT2D eigenvalue weighted by molar-refractivity contribution is 14.1. The van der Waals surface area contributed by atoms with E-state index >= 15 is 0 Å². The summed E-state index contributed by atoms with van der Waals surface area (Å²) in [6, 6.07) is 0. The van der Waals surface area contributed by atoms with E-state index in [0.29, 0.717) is 0 Å². The number of hydrogen-bond acceptors (Lipinski definition) is 1. The van der Waals surface area contributed by atoms with Crippen LogP contribution in [0.15, 0.2) is 7.66 Å². The van der Waals surface area contributed by atoms with Crippen molar-refractivity contribution in [3.05, 3.63) is 7.66 Å². The summed E-state index contributed by atoms with van der Waals surface area (Å²) in [5.41, 5.74) is 5.45. The highest BCUT2D eigenvalue weighted by Crippen LogP contribution is 2.16. The minimum Gasteiger partial charge on any atom is -0.315 e. The van der Waals surface area contributed by atoms with Crippen LogP contribution in [0.1, 0.15) is 0 Å². The zero-order valence-corrected chi connectivity index (χ0v) is 9.84. The molecule has 0 radical (unpaired) electrons. The Labute approximate surface area is 83.9 Å². The van der Waals surface area contributed by atoms with Gasteiger partial charge >= 0.3 is 0 Å². The van der Waals surface area contributed by atoms with Gasteiger partial charge in [0.05, 0.1) is 4.05 Å². The lowest BCUT2D eigenvalue weighted by atomic mass is 10.7. The van der Waals surface area contributed by atoms with Crippen molar-refractivity contribution in [2.75, 3.05) is 0 Å². The summed E-state index contributed by atoms with van der Waals surface area (Å²) in [4.78, 5) is 0. The molecule has 0 bridgehead atoms. The minimum absolute atomic E-state index is 0.176. The average molecular weight is 435 g/mol. The van der Waals surface area contributed by atoms with Gasteiger partial charge in [-0.1, -0.05) is 45.2 Å². The number of alkyl halides is 1. The lowest BCUT2D eigenvalue weighted by Gasteiger charge is -1.95. The molecule has 0 saturated heterocycles. The van der Waals surface area contributed by atoms with E-state index in [4.69, 9.17) is 5.73 Å². The van der Waals surface area contributed by atoms with Gasteiger partial charge in [-0.3, -0.25) is 0 Å². The molecule has 0 rings (SSSR count). The van der Waals surface area contributed by atoms with Crippen LogP contribution in [0.2, 0.25) is 0 Å². The first-order valence-electron chi connectivity index (χ1n) is 1.54. The molecule has 0 aliphatic heterocycles. The van der Waals surface area contributed by atoms with Gasteiger partial charge in [-0.15, -0.1) is 0 Å². The molecule has 0 heterocycles. The molecule has 2 N–H and O–H groups in total. The van der Waals surface area contributed by atoms with Crippen molar-refractivity contribution in [2.24, 2.45) is 5.73 Å². The summed E-state index contributed by atoms with van der Waals surface area (Å²) in [6.45, 7) is 0. The minimum atomic E-state index is 0.176. The number of halogens is 3. The molecule has 1 nitrogen and oxygen atoms in total. The Morgan fingerprint density at radius 1 is 1.71 bits per heavy atom. The van der Waals surface area contributed by atoms with E-state index in [0.717, 1.165) is 0 Å². The zero-order valence-electron chi connectivity index (χ0n) is 3.37. The van der Waals surface area contributed by atoms with Crippen LogP contribution in [0.25, 0.3) is 0 Å². The molecule has 0 saturated carbocycles. The van der Waals surface area contributed by atoms with Crippen molar-refractivity contribution in [3.8, 4) is 0 Å². The lowest BCUT2D eigenvalue weighted by molar-refractivity contribution is 1.21. The Balaban J connectivity index is 3.56. The molecule has 0 aromatic heterocycles. The average Bonchev–Trinajstić information content (AvgIpc) is 1.65. The Bertz CT molecular complexity index is 78.2. The fourth-order valence-electron chi connectivity index (χ4n) is 0.0602. The van der Waals surface area contributed by atoms with E-state index in [-0.39, 0.29) is 4.05 Å². The summed E-state index contributed by atoms with van der Waals surface area (Å²) in [7, 11) is 0. The van der Waals surface area contributed by atoms with Gasteiger partial charge in [0.1, 0.15) is 0 Å². The van der Waals surface area contributed by atoms with Crippen molar-refractivity contribution in [3.63, 3.8) is 0 Å². The van der Waals surface area contributed by atoms with Crippen LogP contribution in [0.3, 0.4) is 0 Å². The maximum absolute atomic E-state index is 5.45. The van der Waals surface area contributed by atoms with Crippen LogP contribution in [0, 0.1) is 0 Å². The number of rotatable bonds is 1. The van der Waals surface area contributed by atoms with Gasteiger partial charge in [-0.2, -0.15) is 0 Å². The molecule has 0 fully saturated rings. The molecule has 0 spiro atoms. The van der Waals surface area contributed by atoms with Crippen LogP contribution in [-0.4, -0.2) is 4.05 Å². The summed E-state index contributed by atoms with van der Waals surface area (Å²) >= 11 is 6.56. The third-order valence-corrected chi connectivity index (χ3v) is 5.08. The molecule has 4 heteroatoms. The van der Waals surface area contributed by atoms with Crippen LogP contribution >= 0.6 is 67.8 Å². The molecular weight excluding hydrogens is 431 g/mol. The molecule has 0 aromatic carbocycles. The Hall–Kier alpha value is 1.89. The van der Waals surface area contributed by atoms with E-state index in [1.165, 1.54) is 3.58 Å². The summed E-state index contributed by atoms with van der Waals surface area (Å²) in [5, 5.41) is 0. The predicted molar refractivity (Wildman–Crippen MR) is 58.1 cm³/mol. The second-order valence-electron chi connectivity index (χ2n) is 0.896. The van der Waals surface area contributed by atoms with E-state index in [2.05, 4.69) is 67.8 Å². The molecule has 0 aromatic rings. The predicted octanol–water partition coefficient (Wildman–Crippen LogP) is 2.42. The monoisotopic (exact) mass is 435 g/mol. The van der Waals surface area contributed by atoms with Crippen LogP contribution in [0.4, 0.5) is 0 Å². The SMILES string of the molecule is NC(I)C(I)=CI. The van der Waals surface area contributed by atoms with Crippen molar-refractivity contribution in [2.45, 2.75) is 4.05 Å². The van der Waals surface area contributed by atoms with Crippen molar-refractivity contribution < 1.29 is 0 Å². The second kappa shape index (κ2) is 4.74. The molecule has 42 valence electrons. The summed E-state index contributed by atoms with van der Waals surface area (Å²) in [6.07, 6.45) is 0. The van der Waals surface area contributed by atoms with Crippen molar-refractivity contribution >= 4 is 67.8 Å². The van der Waals surface area contributed by atoms with E-state index < -0.39 is 0 Å². The number of nitrogens with two attached hydrogens (primary N) is 1. The van der Waals surface area contributed by atoms with Crippen LogP contribution in [-0.2, 0) is 0 Å². The third-order valence-electron chi connectivity index (χ3n) is 0.368. The fraction of sp³-hybridized carbons (Fsp3) is 0.333. The van der Waals surface area contributed by atoms with Crippen molar-refractivity contribution in [1.82, 2.24) is 0 Å². The van der Waals surface area contributed by atoms with Gasteiger partial charge in [0.15, 0.2) is 0 Å². The first kappa shape index (κ1) is 8.89. The van der Waals surface area contributed by atoms with Gasteiger partial charge in [-0.25, -0.2) is 0 Å². The Kier molecular flexibility index (Phi) is 6.02. The highest BCUT2D eigenvalue weighted by atomic mass is 127. The van der Waals surface area contributed by atoms with Crippen LogP contribution in [0.5, 0.6) is 0 Å². The van der Waals surface area contributed by atoms with Gasteiger partial charge in [-0.05, 0) is 26.7 Å². The maximum atomic E-state index is 5.45. The second-order valence-corrected chi connectivity index (χ2v) is 4.11. The molecule has 1 unspecified atom stereocenters. The molecule has 1 atom stereocenters. The number of hydrogen-bond donors (Lipinski definition) is 1. The van der Waals surface area contributed by atoms with Crippen molar-refractivity contribution in [1.29, 1.82) is 0 Å². The highest BCUT2D eigenvalue weighted by Gasteiger charge is 1.95. The van der Waals surface area contributed by atoms with Crippen LogP contribution < -0.4 is 5.73 Å². The van der Waals surface area contributed by atoms with E-state index in [1.54, 1.807) is 0 Å². The maximum Gasteiger partial charge on any atom is 0.0886 e. The zero-order chi connectivity index (χ0) is 5.86. The van der Waals surface area contributed by atoms with E-state index in [1.807, 2.05) is 4.08 Å². The molecule has 0 aliphatic rings. The third kappa shape index (κ3) is 4.40. The molecule has 7 heavy (non-hydrogen) atoms. The van der Waals surface area contributed by atoms with Gasteiger partial charge in [0, 0.05) is 3.58 Å². The van der Waals surface area contributed by atoms with Gasteiger partial charge in [0.2, 0.25) is 0 Å². The normalized spacial score (nSPS) is 16.9. The summed E-state index contributed by atoms with van der Waals surface area (Å²) < 4.78 is 3.35. The fourth-order valence-corrected chi connectivity index (χ4v) is 1.32. The Morgan fingerprint density at radius 3 is 2.14 bits per heavy atom. The largest absolute Gasteiger partial charge is 0.315 e. The molecular formula is C3H4I3N. The lowest BCUT2D eigenvalue weighted by Crippen LogP contribution is -2.09. The van der Waals surface area contributed by atoms with E-state index in [9.17, 15) is 0 Å². The first-order chi connectivity index (χ1) is 3.18. The molecule has 0 amide bonds. The molecule has 0 aliphatic carbocycles. The quantitative estimate of drug-likeness (QED) is 0.383. The van der Waals surface area contributed by atoms with Gasteiger partial charge < -0.3 is 5.73 Å². The topological polar surface area (TPSA) is 26.0 Å².